The van der Waals surface area contributed by atoms with Gasteiger partial charge in [-0.3, -0.25) is 4.79 Å². The van der Waals surface area contributed by atoms with Gasteiger partial charge in [0.25, 0.3) is 0 Å². The molecule has 0 saturated heterocycles. The summed E-state index contributed by atoms with van der Waals surface area (Å²) in [6.07, 6.45) is 0.203. The minimum absolute atomic E-state index is 0. The minimum atomic E-state index is -0.0986. The van der Waals surface area contributed by atoms with Crippen molar-refractivity contribution in [2.45, 2.75) is 20.0 Å². The summed E-state index contributed by atoms with van der Waals surface area (Å²) in [6.45, 7) is 6.41. The Morgan fingerprint density at radius 3 is 2.67 bits per heavy atom. The van der Waals surface area contributed by atoms with E-state index in [-0.39, 0.29) is 21.5 Å². The fraction of sp³-hybridized carbons (Fsp3) is 0.900. The third kappa shape index (κ3) is 11.3. The first-order valence-corrected chi connectivity index (χ1v) is 5.27. The zero-order chi connectivity index (χ0) is 11.5. The number of likely N-dealkylation sites (N-methyl/N-ethyl adjacent to an activating group) is 1. The van der Waals surface area contributed by atoms with Crippen LogP contribution < -0.4 is 10.6 Å². The van der Waals surface area contributed by atoms with Crippen molar-refractivity contribution in [1.29, 1.82) is 0 Å². The molecule has 0 aromatic carbocycles. The molecule has 0 radical (unpaired) electrons. The first-order chi connectivity index (χ1) is 7.16. The lowest BCUT2D eigenvalue weighted by atomic mass is 10.5. The monoisotopic (exact) mass is 222 g/mol. The Labute approximate surface area is 94.5 Å². The van der Waals surface area contributed by atoms with Crippen LogP contribution in [0.3, 0.4) is 0 Å². The Bertz CT molecular complexity index is 172. The predicted molar refractivity (Wildman–Crippen MR) is 63.1 cm³/mol. The maximum atomic E-state index is 11.1. The van der Waals surface area contributed by atoms with E-state index in [4.69, 9.17) is 9.47 Å². The van der Waals surface area contributed by atoms with Crippen LogP contribution in [0.25, 0.3) is 0 Å². The second kappa shape index (κ2) is 9.89. The van der Waals surface area contributed by atoms with E-state index < -0.39 is 0 Å². The molecule has 0 spiro atoms. The van der Waals surface area contributed by atoms with Gasteiger partial charge < -0.3 is 20.1 Å². The van der Waals surface area contributed by atoms with Crippen molar-refractivity contribution in [3.63, 3.8) is 0 Å². The van der Waals surface area contributed by atoms with E-state index in [1.54, 1.807) is 0 Å². The van der Waals surface area contributed by atoms with Crippen LogP contribution in [0.2, 0.25) is 0 Å². The highest BCUT2D eigenvalue weighted by Gasteiger charge is 2.00. The molecule has 0 fully saturated rings. The molecular formula is C10H26N2O3. The smallest absolute Gasteiger partial charge is 0.246 e. The van der Waals surface area contributed by atoms with Gasteiger partial charge in [0.1, 0.15) is 6.61 Å². The number of carbonyl (C=O) groups is 1. The van der Waals surface area contributed by atoms with E-state index in [0.717, 1.165) is 6.54 Å². The minimum Gasteiger partial charge on any atom is -0.377 e. The van der Waals surface area contributed by atoms with Gasteiger partial charge in [-0.1, -0.05) is 0 Å². The van der Waals surface area contributed by atoms with Crippen LogP contribution in [0.15, 0.2) is 0 Å². The van der Waals surface area contributed by atoms with Gasteiger partial charge in [0.2, 0.25) is 5.91 Å². The molecule has 0 aromatic heterocycles. The highest BCUT2D eigenvalue weighted by Crippen LogP contribution is 1.85. The average Bonchev–Trinajstić information content (AvgIpc) is 2.19. The Hall–Kier alpha value is -0.650. The molecular weight excluding hydrogens is 196 g/mol. The van der Waals surface area contributed by atoms with Crippen molar-refractivity contribution < 1.29 is 17.1 Å². The van der Waals surface area contributed by atoms with Gasteiger partial charge in [-0.05, 0) is 20.9 Å². The molecule has 0 bridgehead atoms. The molecule has 15 heavy (non-hydrogen) atoms. The summed E-state index contributed by atoms with van der Waals surface area (Å²) in [7, 11) is 1.84. The van der Waals surface area contributed by atoms with Crippen LogP contribution in [0.4, 0.5) is 0 Å². The second-order valence-corrected chi connectivity index (χ2v) is 3.43. The van der Waals surface area contributed by atoms with Gasteiger partial charge in [-0.25, -0.2) is 0 Å². The lowest BCUT2D eigenvalue weighted by Crippen LogP contribution is -2.32. The molecule has 0 aliphatic carbocycles. The van der Waals surface area contributed by atoms with Gasteiger partial charge in [-0.15, -0.1) is 0 Å². The Morgan fingerprint density at radius 2 is 2.07 bits per heavy atom. The molecule has 5 nitrogen and oxygen atoms in total. The summed E-state index contributed by atoms with van der Waals surface area (Å²) in [5.74, 6) is -0.0986. The fourth-order valence-electron chi connectivity index (χ4n) is 0.875. The van der Waals surface area contributed by atoms with Crippen molar-refractivity contribution in [3.05, 3.63) is 0 Å². The maximum Gasteiger partial charge on any atom is 0.246 e. The number of amides is 1. The van der Waals surface area contributed by atoms with E-state index in [0.29, 0.717) is 19.8 Å². The summed E-state index contributed by atoms with van der Waals surface area (Å²) in [6, 6.07) is 0. The van der Waals surface area contributed by atoms with E-state index >= 15 is 0 Å². The summed E-state index contributed by atoms with van der Waals surface area (Å²) >= 11 is 0. The van der Waals surface area contributed by atoms with Crippen LogP contribution in [-0.4, -0.2) is 52.0 Å². The van der Waals surface area contributed by atoms with E-state index in [9.17, 15) is 4.79 Å². The number of nitrogens with one attached hydrogen (secondary N) is 2. The molecule has 0 unspecified atom stereocenters. The maximum absolute atomic E-state index is 11.1. The van der Waals surface area contributed by atoms with Gasteiger partial charge in [0.05, 0.1) is 19.3 Å². The largest absolute Gasteiger partial charge is 0.377 e. The zero-order valence-corrected chi connectivity index (χ0v) is 9.84. The highest BCUT2D eigenvalue weighted by atomic mass is 16.5. The fourth-order valence-corrected chi connectivity index (χ4v) is 0.875. The molecule has 1 amide bonds. The number of rotatable bonds is 9. The lowest BCUT2D eigenvalue weighted by molar-refractivity contribution is -0.125. The van der Waals surface area contributed by atoms with Crippen molar-refractivity contribution in [1.82, 2.24) is 10.6 Å². The second-order valence-electron chi connectivity index (χ2n) is 3.43. The van der Waals surface area contributed by atoms with Crippen LogP contribution >= 0.6 is 0 Å². The van der Waals surface area contributed by atoms with E-state index in [2.05, 4.69) is 10.6 Å². The summed E-state index contributed by atoms with van der Waals surface area (Å²) in [5, 5.41) is 5.64. The van der Waals surface area contributed by atoms with Crippen molar-refractivity contribution in [3.8, 4) is 0 Å². The molecule has 0 aromatic rings. The Morgan fingerprint density at radius 1 is 1.33 bits per heavy atom. The SMILES string of the molecule is CNCCOCC(=O)NCCOC(C)C.[HH].[HH]. The molecule has 0 rings (SSSR count). The number of carbonyl (C=O) groups excluding carboxylic acids is 1. The number of ether oxygens (including phenoxy) is 2. The zero-order valence-electron chi connectivity index (χ0n) is 9.84. The van der Waals surface area contributed by atoms with Crippen LogP contribution in [0.1, 0.15) is 16.7 Å². The molecule has 2 N–H and O–H groups in total. The van der Waals surface area contributed by atoms with Gasteiger partial charge in [0.15, 0.2) is 0 Å². The number of hydrogen-bond acceptors (Lipinski definition) is 4. The summed E-state index contributed by atoms with van der Waals surface area (Å²) < 4.78 is 10.4. The molecule has 0 aliphatic rings. The standard InChI is InChI=1S/C10H22N2O3.2H2/c1-9(2)15-7-5-12-10(13)8-14-6-4-11-3;;/h9,11H,4-8H2,1-3H3,(H,12,13);2*1H. The third-order valence-electron chi connectivity index (χ3n) is 1.60. The molecule has 0 saturated carbocycles. The van der Waals surface area contributed by atoms with Crippen LogP contribution in [-0.2, 0) is 14.3 Å². The lowest BCUT2D eigenvalue weighted by Gasteiger charge is -2.08. The first-order valence-electron chi connectivity index (χ1n) is 5.27. The van der Waals surface area contributed by atoms with Gasteiger partial charge in [0, 0.05) is 15.9 Å². The van der Waals surface area contributed by atoms with E-state index in [1.165, 1.54) is 0 Å². The van der Waals surface area contributed by atoms with Crippen molar-refractivity contribution in [2.75, 3.05) is 40.0 Å². The van der Waals surface area contributed by atoms with Crippen molar-refractivity contribution >= 4 is 5.91 Å². The van der Waals surface area contributed by atoms with Gasteiger partial charge in [-0.2, -0.15) is 0 Å². The average molecular weight is 222 g/mol. The Balaban J connectivity index is -0.000000980. The van der Waals surface area contributed by atoms with Crippen molar-refractivity contribution in [2.24, 2.45) is 0 Å². The molecule has 0 heterocycles. The molecule has 0 atom stereocenters. The topological polar surface area (TPSA) is 59.6 Å². The quantitative estimate of drug-likeness (QED) is 0.549. The van der Waals surface area contributed by atoms with E-state index in [1.807, 2.05) is 20.9 Å². The van der Waals surface area contributed by atoms with Gasteiger partial charge >= 0.3 is 0 Å². The first kappa shape index (κ1) is 14.3. The normalized spacial score (nSPS) is 10.7. The third-order valence-corrected chi connectivity index (χ3v) is 1.60. The molecule has 0 aliphatic heterocycles. The summed E-state index contributed by atoms with van der Waals surface area (Å²) in [5.41, 5.74) is 0. The summed E-state index contributed by atoms with van der Waals surface area (Å²) in [4.78, 5) is 11.1. The molecule has 94 valence electrons. The van der Waals surface area contributed by atoms with Crippen LogP contribution in [0, 0.1) is 0 Å². The van der Waals surface area contributed by atoms with Crippen LogP contribution in [0.5, 0.6) is 0 Å². The molecule has 5 heteroatoms. The highest BCUT2D eigenvalue weighted by molar-refractivity contribution is 5.77. The predicted octanol–water partition coefficient (Wildman–Crippen LogP) is 0.256. The number of hydrogen-bond donors (Lipinski definition) is 2. The Kier molecular flexibility index (Phi) is 9.46.